The van der Waals surface area contributed by atoms with E-state index in [1.807, 2.05) is 6.07 Å². The summed E-state index contributed by atoms with van der Waals surface area (Å²) in [5.41, 5.74) is 0. The highest BCUT2D eigenvalue weighted by atomic mass is 16.5. The lowest BCUT2D eigenvalue weighted by Gasteiger charge is -2.15. The molecule has 2 unspecified atom stereocenters. The Bertz CT molecular complexity index is 213. The molecule has 14 heavy (non-hydrogen) atoms. The van der Waals surface area contributed by atoms with E-state index in [0.29, 0.717) is 13.2 Å². The second-order valence-electron chi connectivity index (χ2n) is 2.91. The number of nitriles is 1. The molecule has 0 rings (SSSR count). The Balaban J connectivity index is 3.80. The van der Waals surface area contributed by atoms with Crippen LogP contribution in [0.15, 0.2) is 0 Å². The Morgan fingerprint density at radius 3 is 2.64 bits per heavy atom. The summed E-state index contributed by atoms with van der Waals surface area (Å²) >= 11 is 0. The molecule has 0 aliphatic rings. The lowest BCUT2D eigenvalue weighted by Crippen LogP contribution is -2.37. The van der Waals surface area contributed by atoms with Crippen molar-refractivity contribution in [3.05, 3.63) is 0 Å². The van der Waals surface area contributed by atoms with Gasteiger partial charge >= 0.3 is 0 Å². The lowest BCUT2D eigenvalue weighted by atomic mass is 10.2. The van der Waals surface area contributed by atoms with Gasteiger partial charge in [0.15, 0.2) is 0 Å². The summed E-state index contributed by atoms with van der Waals surface area (Å²) < 4.78 is 9.90. The second-order valence-corrected chi connectivity index (χ2v) is 2.91. The van der Waals surface area contributed by atoms with Gasteiger partial charge in [-0.25, -0.2) is 0 Å². The SMILES string of the molecule is COCC(CNC(=O)C(C)C#N)OC. The molecule has 80 valence electrons. The van der Waals surface area contributed by atoms with Crippen molar-refractivity contribution >= 4 is 5.91 Å². The first-order valence-electron chi connectivity index (χ1n) is 4.34. The van der Waals surface area contributed by atoms with Crippen molar-refractivity contribution in [1.82, 2.24) is 5.32 Å². The average molecular weight is 200 g/mol. The fourth-order valence-electron chi connectivity index (χ4n) is 0.822. The molecule has 0 fully saturated rings. The van der Waals surface area contributed by atoms with Crippen LogP contribution < -0.4 is 5.32 Å². The number of carbonyl (C=O) groups is 1. The highest BCUT2D eigenvalue weighted by Gasteiger charge is 2.13. The zero-order chi connectivity index (χ0) is 11.0. The number of hydrogen-bond donors (Lipinski definition) is 1. The largest absolute Gasteiger partial charge is 0.382 e. The van der Waals surface area contributed by atoms with Crippen molar-refractivity contribution in [3.63, 3.8) is 0 Å². The smallest absolute Gasteiger partial charge is 0.237 e. The van der Waals surface area contributed by atoms with E-state index in [0.717, 1.165) is 0 Å². The fourth-order valence-corrected chi connectivity index (χ4v) is 0.822. The number of nitrogens with zero attached hydrogens (tertiary/aromatic N) is 1. The maximum Gasteiger partial charge on any atom is 0.237 e. The summed E-state index contributed by atoms with van der Waals surface area (Å²) in [6, 6.07) is 1.85. The van der Waals surface area contributed by atoms with E-state index >= 15 is 0 Å². The van der Waals surface area contributed by atoms with Gasteiger partial charge in [-0.3, -0.25) is 4.79 Å². The average Bonchev–Trinajstić information content (AvgIpc) is 2.22. The maximum absolute atomic E-state index is 11.2. The Kier molecular flexibility index (Phi) is 6.72. The predicted octanol–water partition coefficient (Wildman–Crippen LogP) is -0.0763. The topological polar surface area (TPSA) is 71.3 Å². The summed E-state index contributed by atoms with van der Waals surface area (Å²) in [6.07, 6.45) is -0.171. The van der Waals surface area contributed by atoms with E-state index in [2.05, 4.69) is 5.32 Å². The first-order valence-corrected chi connectivity index (χ1v) is 4.34. The molecule has 0 aliphatic heterocycles. The molecule has 0 bridgehead atoms. The molecule has 0 spiro atoms. The number of hydrogen-bond acceptors (Lipinski definition) is 4. The van der Waals surface area contributed by atoms with Crippen molar-refractivity contribution in [2.75, 3.05) is 27.4 Å². The molecule has 0 aromatic heterocycles. The summed E-state index contributed by atoms with van der Waals surface area (Å²) in [5, 5.41) is 11.1. The van der Waals surface area contributed by atoms with Gasteiger partial charge in [-0.05, 0) is 6.92 Å². The molecule has 2 atom stereocenters. The zero-order valence-electron chi connectivity index (χ0n) is 8.74. The third kappa shape index (κ3) is 4.80. The van der Waals surface area contributed by atoms with Crippen LogP contribution in [0.1, 0.15) is 6.92 Å². The molecule has 1 amide bonds. The van der Waals surface area contributed by atoms with E-state index in [4.69, 9.17) is 14.7 Å². The Morgan fingerprint density at radius 2 is 2.21 bits per heavy atom. The third-order valence-electron chi connectivity index (χ3n) is 1.78. The van der Waals surface area contributed by atoms with Gasteiger partial charge in [-0.1, -0.05) is 0 Å². The molecule has 1 N–H and O–H groups in total. The van der Waals surface area contributed by atoms with Crippen LogP contribution in [0.4, 0.5) is 0 Å². The Labute approximate surface area is 84.0 Å². The Morgan fingerprint density at radius 1 is 1.57 bits per heavy atom. The van der Waals surface area contributed by atoms with Crippen molar-refractivity contribution in [1.29, 1.82) is 5.26 Å². The number of methoxy groups -OCH3 is 2. The molecular formula is C9H16N2O3. The quantitative estimate of drug-likeness (QED) is 0.651. The van der Waals surface area contributed by atoms with E-state index < -0.39 is 5.92 Å². The minimum atomic E-state index is -0.630. The highest BCUT2D eigenvalue weighted by Crippen LogP contribution is 1.93. The molecule has 0 saturated carbocycles. The van der Waals surface area contributed by atoms with E-state index in [1.165, 1.54) is 0 Å². The van der Waals surface area contributed by atoms with Crippen LogP contribution in [0.2, 0.25) is 0 Å². The summed E-state index contributed by atoms with van der Waals surface area (Å²) in [6.45, 7) is 2.32. The maximum atomic E-state index is 11.2. The number of carbonyl (C=O) groups excluding carboxylic acids is 1. The number of amides is 1. The zero-order valence-corrected chi connectivity index (χ0v) is 8.74. The van der Waals surface area contributed by atoms with Gasteiger partial charge < -0.3 is 14.8 Å². The van der Waals surface area contributed by atoms with Crippen LogP contribution in [0.5, 0.6) is 0 Å². The molecule has 0 aliphatic carbocycles. The Hall–Kier alpha value is -1.12. The molecular weight excluding hydrogens is 184 g/mol. The molecule has 5 heteroatoms. The minimum absolute atomic E-state index is 0.171. The van der Waals surface area contributed by atoms with E-state index in [1.54, 1.807) is 21.1 Å². The van der Waals surface area contributed by atoms with Crippen molar-refractivity contribution in [2.45, 2.75) is 13.0 Å². The van der Waals surface area contributed by atoms with Gasteiger partial charge in [0.25, 0.3) is 0 Å². The molecule has 0 heterocycles. The molecule has 0 saturated heterocycles. The monoisotopic (exact) mass is 200 g/mol. The van der Waals surface area contributed by atoms with Crippen LogP contribution in [0.3, 0.4) is 0 Å². The van der Waals surface area contributed by atoms with Gasteiger partial charge in [0.05, 0.1) is 18.8 Å². The summed E-state index contributed by atoms with van der Waals surface area (Å²) in [5.74, 6) is -0.916. The van der Waals surface area contributed by atoms with Gasteiger partial charge in [0.1, 0.15) is 5.92 Å². The molecule has 0 radical (unpaired) electrons. The van der Waals surface area contributed by atoms with Crippen LogP contribution in [0, 0.1) is 17.2 Å². The second kappa shape index (κ2) is 7.30. The normalized spacial score (nSPS) is 14.1. The van der Waals surface area contributed by atoms with Crippen LogP contribution in [-0.4, -0.2) is 39.4 Å². The lowest BCUT2D eigenvalue weighted by molar-refractivity contribution is -0.123. The fraction of sp³-hybridized carbons (Fsp3) is 0.778. The first-order chi connectivity index (χ1) is 6.65. The van der Waals surface area contributed by atoms with Gasteiger partial charge in [0.2, 0.25) is 5.91 Å². The number of nitrogens with one attached hydrogen (secondary N) is 1. The van der Waals surface area contributed by atoms with Gasteiger partial charge in [-0.15, -0.1) is 0 Å². The van der Waals surface area contributed by atoms with Crippen LogP contribution in [0.25, 0.3) is 0 Å². The highest BCUT2D eigenvalue weighted by molar-refractivity contribution is 5.80. The summed E-state index contributed by atoms with van der Waals surface area (Å²) in [7, 11) is 3.11. The number of ether oxygens (including phenoxy) is 2. The molecule has 0 aromatic carbocycles. The van der Waals surface area contributed by atoms with E-state index in [9.17, 15) is 4.79 Å². The van der Waals surface area contributed by atoms with Gasteiger partial charge in [-0.2, -0.15) is 5.26 Å². The van der Waals surface area contributed by atoms with E-state index in [-0.39, 0.29) is 12.0 Å². The predicted molar refractivity (Wildman–Crippen MR) is 50.5 cm³/mol. The standard InChI is InChI=1S/C9H16N2O3/c1-7(4-10)9(12)11-5-8(14-3)6-13-2/h7-8H,5-6H2,1-3H3,(H,11,12). The number of rotatable bonds is 6. The van der Waals surface area contributed by atoms with Gasteiger partial charge in [0, 0.05) is 20.8 Å². The van der Waals surface area contributed by atoms with Crippen LogP contribution >= 0.6 is 0 Å². The third-order valence-corrected chi connectivity index (χ3v) is 1.78. The molecule has 5 nitrogen and oxygen atoms in total. The minimum Gasteiger partial charge on any atom is -0.382 e. The first kappa shape index (κ1) is 12.9. The summed E-state index contributed by atoms with van der Waals surface area (Å²) in [4.78, 5) is 11.2. The van der Waals surface area contributed by atoms with Crippen molar-refractivity contribution in [2.24, 2.45) is 5.92 Å². The molecule has 0 aromatic rings. The van der Waals surface area contributed by atoms with Crippen molar-refractivity contribution in [3.8, 4) is 6.07 Å². The van der Waals surface area contributed by atoms with Crippen LogP contribution in [-0.2, 0) is 14.3 Å². The van der Waals surface area contributed by atoms with Crippen molar-refractivity contribution < 1.29 is 14.3 Å².